The minimum atomic E-state index is -0.370. The van der Waals surface area contributed by atoms with Crippen molar-refractivity contribution < 1.29 is 19.7 Å². The quantitative estimate of drug-likeness (QED) is 0.394. The predicted molar refractivity (Wildman–Crippen MR) is 98.1 cm³/mol. The van der Waals surface area contributed by atoms with Crippen molar-refractivity contribution in [2.24, 2.45) is 35.0 Å². The van der Waals surface area contributed by atoms with Gasteiger partial charge in [0.2, 0.25) is 0 Å². The van der Waals surface area contributed by atoms with Crippen LogP contribution >= 0.6 is 15.9 Å². The number of aliphatic hydroxyl groups is 2. The summed E-state index contributed by atoms with van der Waals surface area (Å²) in [5.41, 5.74) is 0.0649. The molecule has 4 unspecified atom stereocenters. The Morgan fingerprint density at radius 1 is 1.20 bits per heavy atom. The fourth-order valence-electron chi connectivity index (χ4n) is 6.70. The number of hydrogen-bond donors (Lipinski definition) is 2. The molecule has 0 bridgehead atoms. The number of ether oxygens (including phenoxy) is 1. The van der Waals surface area contributed by atoms with Gasteiger partial charge in [0.05, 0.1) is 17.0 Å². The van der Waals surface area contributed by atoms with E-state index in [4.69, 9.17) is 4.74 Å². The molecule has 2 N–H and O–H groups in total. The summed E-state index contributed by atoms with van der Waals surface area (Å²) in [6.45, 7) is 3.81. The van der Waals surface area contributed by atoms with Crippen LogP contribution in [0.1, 0.15) is 46.0 Å². The van der Waals surface area contributed by atoms with Gasteiger partial charge in [-0.25, -0.2) is 0 Å². The summed E-state index contributed by atoms with van der Waals surface area (Å²) in [6.07, 6.45) is 8.06. The lowest BCUT2D eigenvalue weighted by Crippen LogP contribution is -2.55. The van der Waals surface area contributed by atoms with Crippen molar-refractivity contribution in [3.05, 3.63) is 12.2 Å². The van der Waals surface area contributed by atoms with Gasteiger partial charge in [0.1, 0.15) is 6.10 Å². The van der Waals surface area contributed by atoms with Crippen LogP contribution in [-0.4, -0.2) is 39.3 Å². The number of aliphatic hydroxyl groups excluding tert-OH is 2. The van der Waals surface area contributed by atoms with E-state index in [0.717, 1.165) is 32.1 Å². The molecule has 0 radical (unpaired) electrons. The molecular weight excluding hydrogens is 384 g/mol. The van der Waals surface area contributed by atoms with Crippen molar-refractivity contribution in [2.45, 2.75) is 69.1 Å². The molecule has 0 heterocycles. The van der Waals surface area contributed by atoms with Gasteiger partial charge in [0, 0.05) is 12.8 Å². The van der Waals surface area contributed by atoms with E-state index >= 15 is 0 Å². The number of hydrogen-bond acceptors (Lipinski definition) is 4. The maximum atomic E-state index is 11.5. The largest absolute Gasteiger partial charge is 0.461 e. The monoisotopic (exact) mass is 412 g/mol. The SMILES string of the molecule is CC(=O)O[C@H]1[C@H](Br)CC2C3C(CC[C@@H]21)[C@@]1(C)C=C[C@H](O)CC1C[C@@H]3O. The first-order valence-corrected chi connectivity index (χ1v) is 10.6. The third kappa shape index (κ3) is 2.81. The van der Waals surface area contributed by atoms with Crippen LogP contribution < -0.4 is 0 Å². The molecule has 25 heavy (non-hydrogen) atoms. The van der Waals surface area contributed by atoms with Gasteiger partial charge < -0.3 is 14.9 Å². The van der Waals surface area contributed by atoms with Crippen LogP contribution in [0, 0.1) is 35.0 Å². The van der Waals surface area contributed by atoms with Crippen LogP contribution in [0.15, 0.2) is 12.2 Å². The Morgan fingerprint density at radius 3 is 2.68 bits per heavy atom. The molecule has 0 aliphatic heterocycles. The molecule has 4 aliphatic carbocycles. The fraction of sp³-hybridized carbons (Fsp3) is 0.850. The number of rotatable bonds is 1. The van der Waals surface area contributed by atoms with Gasteiger partial charge in [0.15, 0.2) is 0 Å². The highest BCUT2D eigenvalue weighted by Gasteiger charge is 2.60. The normalized spacial score (nSPS) is 54.4. The molecule has 5 heteroatoms. The lowest BCUT2D eigenvalue weighted by molar-refractivity contribution is -0.154. The average molecular weight is 413 g/mol. The standard InChI is InChI=1S/C20H29BrO4/c1-10(22)25-19-13-3-4-15-18(14(13)9-16(19)21)17(24)8-11-7-12(23)5-6-20(11,15)2/h5-6,11-19,23-24H,3-4,7-9H2,1-2H3/t11?,12-,13-,14?,15?,16+,17-,18?,19+,20-/m0/s1. The molecule has 0 aromatic heterocycles. The van der Waals surface area contributed by atoms with E-state index in [1.165, 1.54) is 6.92 Å². The van der Waals surface area contributed by atoms with E-state index in [-0.39, 0.29) is 40.4 Å². The number of carbonyl (C=O) groups is 1. The smallest absolute Gasteiger partial charge is 0.302 e. The van der Waals surface area contributed by atoms with Crippen LogP contribution in [0.5, 0.6) is 0 Å². The van der Waals surface area contributed by atoms with E-state index in [0.29, 0.717) is 23.7 Å². The van der Waals surface area contributed by atoms with Gasteiger partial charge in [-0.3, -0.25) is 4.79 Å². The van der Waals surface area contributed by atoms with Crippen LogP contribution in [0.3, 0.4) is 0 Å². The first-order valence-electron chi connectivity index (χ1n) is 9.68. The first-order chi connectivity index (χ1) is 11.8. The zero-order valence-electron chi connectivity index (χ0n) is 15.0. The highest BCUT2D eigenvalue weighted by atomic mass is 79.9. The number of fused-ring (bicyclic) bond motifs is 5. The Hall–Kier alpha value is -0.390. The first kappa shape index (κ1) is 18.0. The van der Waals surface area contributed by atoms with Crippen LogP contribution in [-0.2, 0) is 9.53 Å². The fourth-order valence-corrected chi connectivity index (χ4v) is 7.63. The third-order valence-electron chi connectivity index (χ3n) is 7.75. The summed E-state index contributed by atoms with van der Waals surface area (Å²) >= 11 is 3.74. The molecule has 4 nitrogen and oxygen atoms in total. The van der Waals surface area contributed by atoms with Crippen LogP contribution in [0.4, 0.5) is 0 Å². The van der Waals surface area contributed by atoms with E-state index < -0.39 is 0 Å². The molecule has 10 atom stereocenters. The Morgan fingerprint density at radius 2 is 1.96 bits per heavy atom. The predicted octanol–water partition coefficient (Wildman–Crippen LogP) is 3.05. The maximum absolute atomic E-state index is 11.5. The highest BCUT2D eigenvalue weighted by Crippen LogP contribution is 2.62. The summed E-state index contributed by atoms with van der Waals surface area (Å²) in [5.74, 6) is 1.61. The summed E-state index contributed by atoms with van der Waals surface area (Å²) in [6, 6.07) is 0. The molecule has 0 spiro atoms. The van der Waals surface area contributed by atoms with Gasteiger partial charge >= 0.3 is 5.97 Å². The second kappa shape index (κ2) is 6.35. The number of alkyl halides is 1. The highest BCUT2D eigenvalue weighted by molar-refractivity contribution is 9.09. The van der Waals surface area contributed by atoms with E-state index in [2.05, 4.69) is 28.9 Å². The van der Waals surface area contributed by atoms with Crippen LogP contribution in [0.2, 0.25) is 0 Å². The lowest BCUT2D eigenvalue weighted by Gasteiger charge is -2.58. The van der Waals surface area contributed by atoms with Gasteiger partial charge in [-0.2, -0.15) is 0 Å². The van der Waals surface area contributed by atoms with E-state index in [9.17, 15) is 15.0 Å². The van der Waals surface area contributed by atoms with Gasteiger partial charge in [-0.15, -0.1) is 0 Å². The van der Waals surface area contributed by atoms with Gasteiger partial charge in [-0.05, 0) is 61.2 Å². The molecular formula is C20H29BrO4. The average Bonchev–Trinajstić information content (AvgIpc) is 2.85. The zero-order chi connectivity index (χ0) is 17.9. The minimum absolute atomic E-state index is 0.0649. The minimum Gasteiger partial charge on any atom is -0.461 e. The van der Waals surface area contributed by atoms with E-state index in [1.54, 1.807) is 0 Å². The van der Waals surface area contributed by atoms with Gasteiger partial charge in [0.25, 0.3) is 0 Å². The van der Waals surface area contributed by atoms with Crippen molar-refractivity contribution in [1.82, 2.24) is 0 Å². The Labute approximate surface area is 158 Å². The molecule has 3 fully saturated rings. The van der Waals surface area contributed by atoms with Crippen LogP contribution in [0.25, 0.3) is 0 Å². The van der Waals surface area contributed by atoms with E-state index in [1.807, 2.05) is 6.08 Å². The number of allylic oxidation sites excluding steroid dienone is 1. The number of esters is 1. The second-order valence-electron chi connectivity index (χ2n) is 8.94. The maximum Gasteiger partial charge on any atom is 0.302 e. The van der Waals surface area contributed by atoms with Gasteiger partial charge in [-0.1, -0.05) is 35.0 Å². The Bertz CT molecular complexity index is 578. The van der Waals surface area contributed by atoms with Crippen molar-refractivity contribution in [1.29, 1.82) is 0 Å². The summed E-state index contributed by atoms with van der Waals surface area (Å²) in [7, 11) is 0. The summed E-state index contributed by atoms with van der Waals surface area (Å²) in [4.78, 5) is 11.7. The molecule has 4 aliphatic rings. The Kier molecular flexibility index (Phi) is 4.57. The number of halogens is 1. The number of carbonyl (C=O) groups excluding carboxylic acids is 1. The van der Waals surface area contributed by atoms with Crippen molar-refractivity contribution in [2.75, 3.05) is 0 Å². The summed E-state index contributed by atoms with van der Waals surface area (Å²) < 4.78 is 5.64. The molecule has 3 saturated carbocycles. The van der Waals surface area contributed by atoms with Crippen molar-refractivity contribution in [3.63, 3.8) is 0 Å². The molecule has 140 valence electrons. The topological polar surface area (TPSA) is 66.8 Å². The third-order valence-corrected chi connectivity index (χ3v) is 8.65. The van der Waals surface area contributed by atoms with Crippen molar-refractivity contribution in [3.8, 4) is 0 Å². The molecule has 0 aromatic rings. The molecule has 0 aromatic carbocycles. The lowest BCUT2D eigenvalue weighted by atomic mass is 9.48. The second-order valence-corrected chi connectivity index (χ2v) is 10.1. The zero-order valence-corrected chi connectivity index (χ0v) is 16.6. The summed E-state index contributed by atoms with van der Waals surface area (Å²) in [5, 5.41) is 21.0. The molecule has 0 amide bonds. The van der Waals surface area contributed by atoms with Crippen molar-refractivity contribution >= 4 is 21.9 Å². The molecule has 0 saturated heterocycles. The Balaban J connectivity index is 1.63. The molecule has 4 rings (SSSR count).